The van der Waals surface area contributed by atoms with E-state index < -0.39 is 0 Å². The van der Waals surface area contributed by atoms with Gasteiger partial charge < -0.3 is 15.3 Å². The fraction of sp³-hybridized carbons (Fsp3) is 0.857. The Morgan fingerprint density at radius 3 is 2.71 bits per heavy atom. The van der Waals surface area contributed by atoms with E-state index in [1.54, 1.807) is 11.9 Å². The summed E-state index contributed by atoms with van der Waals surface area (Å²) in [5.41, 5.74) is 3.02. The summed E-state index contributed by atoms with van der Waals surface area (Å²) in [5, 5.41) is 17.9. The maximum Gasteiger partial charge on any atom is 0.435 e. The highest BCUT2D eigenvalue weighted by atomic mass is 16.7. The molecule has 3 saturated carbocycles. The Kier molecular flexibility index (Phi) is 7.50. The lowest BCUT2D eigenvalue weighted by atomic mass is 9.46. The van der Waals surface area contributed by atoms with E-state index in [1.165, 1.54) is 31.3 Å². The number of aliphatic hydroxyl groups excluding tert-OH is 1. The van der Waals surface area contributed by atoms with Crippen LogP contribution in [0.5, 0.6) is 0 Å². The molecular formula is C28H47N3O3. The van der Waals surface area contributed by atoms with Crippen molar-refractivity contribution in [3.05, 3.63) is 11.6 Å². The highest BCUT2D eigenvalue weighted by molar-refractivity contribution is 5.85. The summed E-state index contributed by atoms with van der Waals surface area (Å²) in [5.74, 6) is 2.60. The average Bonchev–Trinajstić information content (AvgIpc) is 3.14. The van der Waals surface area contributed by atoms with Crippen molar-refractivity contribution in [3.8, 4) is 0 Å². The maximum atomic E-state index is 12.4. The number of nitrogens with one attached hydrogen (secondary N) is 1. The van der Waals surface area contributed by atoms with Gasteiger partial charge in [0.1, 0.15) is 0 Å². The Morgan fingerprint density at radius 2 is 1.97 bits per heavy atom. The number of hydrogen-bond donors (Lipinski definition) is 2. The Labute approximate surface area is 206 Å². The van der Waals surface area contributed by atoms with Crippen LogP contribution in [-0.2, 0) is 4.84 Å². The lowest BCUT2D eigenvalue weighted by molar-refractivity contribution is -0.0479. The molecule has 0 unspecified atom stereocenters. The summed E-state index contributed by atoms with van der Waals surface area (Å²) in [6, 6.07) is 0.398. The van der Waals surface area contributed by atoms with E-state index in [0.29, 0.717) is 24.4 Å². The van der Waals surface area contributed by atoms with Gasteiger partial charge >= 0.3 is 6.09 Å². The fourth-order valence-corrected chi connectivity index (χ4v) is 8.25. The molecule has 4 aliphatic carbocycles. The third kappa shape index (κ3) is 4.69. The summed E-state index contributed by atoms with van der Waals surface area (Å²) >= 11 is 0. The monoisotopic (exact) mass is 473 g/mol. The summed E-state index contributed by atoms with van der Waals surface area (Å²) < 4.78 is 0. The number of amides is 1. The van der Waals surface area contributed by atoms with Gasteiger partial charge in [0, 0.05) is 32.1 Å². The summed E-state index contributed by atoms with van der Waals surface area (Å²) in [7, 11) is 1.76. The molecule has 0 aromatic carbocycles. The molecule has 0 aliphatic heterocycles. The van der Waals surface area contributed by atoms with E-state index in [-0.39, 0.29) is 23.0 Å². The predicted octanol–water partition coefficient (Wildman–Crippen LogP) is 5.37. The zero-order valence-electron chi connectivity index (χ0n) is 22.3. The number of nitrogens with zero attached hydrogens (tertiary/aromatic N) is 2. The van der Waals surface area contributed by atoms with Crippen molar-refractivity contribution in [3.63, 3.8) is 0 Å². The number of aliphatic hydroxyl groups is 1. The minimum Gasteiger partial charge on any atom is -0.389 e. The van der Waals surface area contributed by atoms with Gasteiger partial charge in [0.25, 0.3) is 0 Å². The number of allylic oxidation sites excluding steroid dienone is 1. The molecule has 192 valence electrons. The van der Waals surface area contributed by atoms with Crippen LogP contribution in [-0.4, -0.2) is 54.1 Å². The second-order valence-electron chi connectivity index (χ2n) is 12.4. The van der Waals surface area contributed by atoms with Gasteiger partial charge in [-0.2, -0.15) is 0 Å². The molecule has 6 nitrogen and oxygen atoms in total. The molecule has 4 rings (SSSR count). The number of rotatable bonds is 6. The SMILES string of the molecule is C/C(=N\OC(=O)N(C)CCNC(C)C)[C@H]1CC[C@H]2[C@@H]3CCC4=C[C@H](O)CC[C@]4(C)[C@H]3CC[C@]12C. The molecule has 1 amide bonds. The summed E-state index contributed by atoms with van der Waals surface area (Å²) in [4.78, 5) is 19.4. The molecule has 7 atom stereocenters. The van der Waals surface area contributed by atoms with Crippen LogP contribution in [0, 0.1) is 34.5 Å². The molecule has 0 heterocycles. The molecule has 3 fully saturated rings. The highest BCUT2D eigenvalue weighted by Crippen LogP contribution is 2.66. The molecule has 0 radical (unpaired) electrons. The van der Waals surface area contributed by atoms with Gasteiger partial charge in [0.05, 0.1) is 11.8 Å². The first-order valence-corrected chi connectivity index (χ1v) is 13.7. The van der Waals surface area contributed by atoms with Crippen molar-refractivity contribution in [2.75, 3.05) is 20.1 Å². The van der Waals surface area contributed by atoms with Crippen molar-refractivity contribution in [1.82, 2.24) is 10.2 Å². The second-order valence-corrected chi connectivity index (χ2v) is 12.4. The van der Waals surface area contributed by atoms with Gasteiger partial charge in [-0.05, 0) is 86.9 Å². The first-order valence-electron chi connectivity index (χ1n) is 13.7. The van der Waals surface area contributed by atoms with Crippen molar-refractivity contribution in [1.29, 1.82) is 0 Å². The summed E-state index contributed by atoms with van der Waals surface area (Å²) in [6.07, 6.45) is 10.9. The molecule has 0 aromatic rings. The lowest BCUT2D eigenvalue weighted by Crippen LogP contribution is -2.51. The maximum absolute atomic E-state index is 12.4. The van der Waals surface area contributed by atoms with Crippen LogP contribution in [0.2, 0.25) is 0 Å². The molecule has 2 N–H and O–H groups in total. The first kappa shape index (κ1) is 25.7. The quantitative estimate of drug-likeness (QED) is 0.235. The standard InChI is InChI=1S/C28H47N3O3/c1-18(2)29-15-16-31(6)26(33)34-30-19(3)23-9-10-24-22-8-7-20-17-21(32)11-13-27(20,4)25(22)12-14-28(23,24)5/h17-18,21-25,29,32H,7-16H2,1-6H3/b30-19+/t21-,22+,23-,24+,25+,27+,28-/m1/s1. The highest BCUT2D eigenvalue weighted by Gasteiger charge is 2.59. The third-order valence-corrected chi connectivity index (χ3v) is 10.2. The minimum absolute atomic E-state index is 0.236. The molecule has 0 bridgehead atoms. The fourth-order valence-electron chi connectivity index (χ4n) is 8.25. The third-order valence-electron chi connectivity index (χ3n) is 10.2. The Morgan fingerprint density at radius 1 is 1.21 bits per heavy atom. The van der Waals surface area contributed by atoms with Crippen LogP contribution in [0.1, 0.15) is 86.0 Å². The van der Waals surface area contributed by atoms with E-state index in [1.807, 2.05) is 0 Å². The van der Waals surface area contributed by atoms with Gasteiger partial charge in [-0.3, -0.25) is 4.84 Å². The van der Waals surface area contributed by atoms with E-state index >= 15 is 0 Å². The first-order chi connectivity index (χ1) is 16.1. The number of fused-ring (bicyclic) bond motifs is 5. The van der Waals surface area contributed by atoms with Crippen LogP contribution in [0.3, 0.4) is 0 Å². The molecular weight excluding hydrogens is 426 g/mol. The zero-order chi connectivity index (χ0) is 24.7. The van der Waals surface area contributed by atoms with Crippen molar-refractivity contribution in [2.24, 2.45) is 39.7 Å². The van der Waals surface area contributed by atoms with Crippen molar-refractivity contribution < 1.29 is 14.7 Å². The number of hydrogen-bond acceptors (Lipinski definition) is 5. The van der Waals surface area contributed by atoms with Gasteiger partial charge in [-0.25, -0.2) is 4.79 Å². The number of carbonyl (C=O) groups excluding carboxylic acids is 1. The number of oxime groups is 1. The van der Waals surface area contributed by atoms with Crippen LogP contribution >= 0.6 is 0 Å². The molecule has 0 spiro atoms. The largest absolute Gasteiger partial charge is 0.435 e. The Bertz CT molecular complexity index is 824. The smallest absolute Gasteiger partial charge is 0.389 e. The lowest BCUT2D eigenvalue weighted by Gasteiger charge is -2.58. The molecule has 4 aliphatic rings. The van der Waals surface area contributed by atoms with Gasteiger partial charge in [-0.15, -0.1) is 0 Å². The van der Waals surface area contributed by atoms with Gasteiger partial charge in [0.2, 0.25) is 0 Å². The zero-order valence-corrected chi connectivity index (χ0v) is 22.3. The van der Waals surface area contributed by atoms with E-state index in [2.05, 4.69) is 51.2 Å². The van der Waals surface area contributed by atoms with Gasteiger partial charge in [0.15, 0.2) is 0 Å². The number of carbonyl (C=O) groups is 1. The van der Waals surface area contributed by atoms with Crippen LogP contribution in [0.25, 0.3) is 0 Å². The van der Waals surface area contributed by atoms with E-state index in [0.717, 1.165) is 49.8 Å². The topological polar surface area (TPSA) is 74.2 Å². The van der Waals surface area contributed by atoms with Crippen molar-refractivity contribution >= 4 is 11.8 Å². The molecule has 6 heteroatoms. The molecule has 34 heavy (non-hydrogen) atoms. The molecule has 0 aromatic heterocycles. The van der Waals surface area contributed by atoms with Crippen LogP contribution < -0.4 is 5.32 Å². The number of likely N-dealkylation sites (N-methyl/N-ethyl adjacent to an activating group) is 1. The summed E-state index contributed by atoms with van der Waals surface area (Å²) in [6.45, 7) is 12.6. The average molecular weight is 474 g/mol. The van der Waals surface area contributed by atoms with E-state index in [9.17, 15) is 9.90 Å². The van der Waals surface area contributed by atoms with Crippen molar-refractivity contribution in [2.45, 2.75) is 98.1 Å². The predicted molar refractivity (Wildman–Crippen MR) is 137 cm³/mol. The Hall–Kier alpha value is -1.40. The minimum atomic E-state index is -0.382. The van der Waals surface area contributed by atoms with Crippen LogP contribution in [0.15, 0.2) is 16.8 Å². The second kappa shape index (κ2) is 9.93. The Balaban J connectivity index is 1.40. The van der Waals surface area contributed by atoms with E-state index in [4.69, 9.17) is 4.84 Å². The normalized spacial score (nSPS) is 39.7. The molecule has 0 saturated heterocycles. The van der Waals surface area contributed by atoms with Crippen LogP contribution in [0.4, 0.5) is 4.79 Å². The van der Waals surface area contributed by atoms with Gasteiger partial charge in [-0.1, -0.05) is 44.5 Å².